The predicted octanol–water partition coefficient (Wildman–Crippen LogP) is 2.34. The first kappa shape index (κ1) is 23.3. The minimum Gasteiger partial charge on any atom is -0.301 e. The van der Waals surface area contributed by atoms with Crippen molar-refractivity contribution in [3.63, 3.8) is 0 Å². The van der Waals surface area contributed by atoms with Crippen molar-refractivity contribution in [2.24, 2.45) is 0 Å². The molecular weight excluding hydrogens is 396 g/mol. The summed E-state index contributed by atoms with van der Waals surface area (Å²) in [4.78, 5) is 2.56. The maximum atomic E-state index is 13.3. The van der Waals surface area contributed by atoms with Crippen LogP contribution in [-0.4, -0.2) is 70.8 Å². The fourth-order valence-electron chi connectivity index (χ4n) is 3.66. The summed E-state index contributed by atoms with van der Waals surface area (Å²) in [6.45, 7) is 12.9. The van der Waals surface area contributed by atoms with Crippen LogP contribution in [-0.2, 0) is 25.3 Å². The average Bonchev–Trinajstić information content (AvgIpc) is 2.52. The summed E-state index contributed by atoms with van der Waals surface area (Å²) < 4.78 is 50.6. The minimum absolute atomic E-state index is 0.0323. The monoisotopic (exact) mass is 430 g/mol. The lowest BCUT2D eigenvalue weighted by Crippen LogP contribution is -2.49. The fourth-order valence-corrected chi connectivity index (χ4v) is 6.15. The van der Waals surface area contributed by atoms with Gasteiger partial charge in [-0.2, -0.15) is 4.31 Å². The van der Waals surface area contributed by atoms with Crippen molar-refractivity contribution in [1.29, 1.82) is 0 Å². The van der Waals surface area contributed by atoms with Gasteiger partial charge in [-0.3, -0.25) is 0 Å². The zero-order valence-electron chi connectivity index (χ0n) is 17.9. The van der Waals surface area contributed by atoms with E-state index in [-0.39, 0.29) is 11.2 Å². The Bertz CT molecular complexity index is 885. The molecule has 28 heavy (non-hydrogen) atoms. The molecule has 0 unspecified atom stereocenters. The van der Waals surface area contributed by atoms with Gasteiger partial charge < -0.3 is 4.90 Å². The first-order chi connectivity index (χ1) is 12.7. The number of sulfonamides is 1. The lowest BCUT2D eigenvalue weighted by atomic mass is 9.85. The molecule has 1 heterocycles. The highest BCUT2D eigenvalue weighted by Crippen LogP contribution is 2.31. The summed E-state index contributed by atoms with van der Waals surface area (Å²) in [6.07, 6.45) is 1.82. The zero-order chi connectivity index (χ0) is 21.3. The van der Waals surface area contributed by atoms with Gasteiger partial charge in [0.25, 0.3) is 0 Å². The minimum atomic E-state index is -3.54. The van der Waals surface area contributed by atoms with Crippen molar-refractivity contribution in [2.75, 3.05) is 44.7 Å². The van der Waals surface area contributed by atoms with Crippen molar-refractivity contribution in [1.82, 2.24) is 9.21 Å². The topological polar surface area (TPSA) is 74.8 Å². The van der Waals surface area contributed by atoms with Crippen LogP contribution >= 0.6 is 0 Å². The molecule has 1 aromatic rings. The van der Waals surface area contributed by atoms with Gasteiger partial charge in [-0.15, -0.1) is 0 Å². The van der Waals surface area contributed by atoms with Crippen molar-refractivity contribution in [3.05, 3.63) is 28.8 Å². The van der Waals surface area contributed by atoms with Crippen LogP contribution in [0.5, 0.6) is 0 Å². The molecule has 1 saturated heterocycles. The van der Waals surface area contributed by atoms with E-state index in [4.69, 9.17) is 0 Å². The Labute approximate surface area is 170 Å². The molecule has 1 aliphatic heterocycles. The molecule has 0 aromatic heterocycles. The molecule has 0 bridgehead atoms. The third-order valence-electron chi connectivity index (χ3n) is 5.24. The zero-order valence-corrected chi connectivity index (χ0v) is 19.6. The summed E-state index contributed by atoms with van der Waals surface area (Å²) in [5, 5.41) is 0. The van der Waals surface area contributed by atoms with E-state index in [1.807, 2.05) is 26.0 Å². The van der Waals surface area contributed by atoms with Crippen molar-refractivity contribution in [3.8, 4) is 0 Å². The Morgan fingerprint density at radius 3 is 1.86 bits per heavy atom. The summed E-state index contributed by atoms with van der Waals surface area (Å²) in [5.41, 5.74) is 2.69. The number of sulfone groups is 1. The fraction of sp³-hybridized carbons (Fsp3) is 0.700. The predicted molar refractivity (Wildman–Crippen MR) is 114 cm³/mol. The number of hydrogen-bond acceptors (Lipinski definition) is 5. The van der Waals surface area contributed by atoms with Crippen LogP contribution in [0, 0.1) is 13.8 Å². The van der Waals surface area contributed by atoms with E-state index in [2.05, 4.69) is 25.7 Å². The van der Waals surface area contributed by atoms with Gasteiger partial charge in [0.05, 0.1) is 10.6 Å². The largest absolute Gasteiger partial charge is 0.301 e. The Hall–Kier alpha value is -0.960. The Kier molecular flexibility index (Phi) is 7.01. The van der Waals surface area contributed by atoms with Gasteiger partial charge in [0.1, 0.15) is 9.84 Å². The highest BCUT2D eigenvalue weighted by Gasteiger charge is 2.31. The van der Waals surface area contributed by atoms with Gasteiger partial charge in [0.15, 0.2) is 0 Å². The molecule has 2 rings (SSSR count). The number of hydrogen-bond donors (Lipinski definition) is 0. The van der Waals surface area contributed by atoms with E-state index < -0.39 is 19.9 Å². The second-order valence-electron chi connectivity index (χ2n) is 8.92. The molecule has 1 aromatic carbocycles. The Morgan fingerprint density at radius 2 is 1.43 bits per heavy atom. The first-order valence-electron chi connectivity index (χ1n) is 9.74. The summed E-state index contributed by atoms with van der Waals surface area (Å²) in [7, 11) is -6.49. The molecule has 0 aliphatic carbocycles. The van der Waals surface area contributed by atoms with Crippen LogP contribution in [0.25, 0.3) is 0 Å². The molecule has 0 spiro atoms. The van der Waals surface area contributed by atoms with Crippen LogP contribution in [0.4, 0.5) is 0 Å². The van der Waals surface area contributed by atoms with E-state index >= 15 is 0 Å². The molecule has 1 fully saturated rings. The third-order valence-corrected chi connectivity index (χ3v) is 8.48. The number of rotatable bonds is 6. The summed E-state index contributed by atoms with van der Waals surface area (Å²) in [5.74, 6) is 0.171. The Balaban J connectivity index is 2.11. The van der Waals surface area contributed by atoms with Crippen LogP contribution in [0.1, 0.15) is 43.9 Å². The molecule has 0 saturated carbocycles. The first-order valence-corrected chi connectivity index (χ1v) is 13.2. The SMILES string of the molecule is Cc1cc(C(C)(C)C)cc(C)c1S(=O)(=O)N1CCN(CCCS(C)(=O)=O)CC1. The van der Waals surface area contributed by atoms with E-state index in [1.54, 1.807) is 4.31 Å². The quantitative estimate of drug-likeness (QED) is 0.692. The maximum Gasteiger partial charge on any atom is 0.243 e. The maximum absolute atomic E-state index is 13.3. The smallest absolute Gasteiger partial charge is 0.243 e. The van der Waals surface area contributed by atoms with Crippen LogP contribution in [0.2, 0.25) is 0 Å². The lowest BCUT2D eigenvalue weighted by Gasteiger charge is -2.34. The standard InChI is InChI=1S/C20H34N2O4S2/c1-16-14-18(20(3,4)5)15-17(2)19(16)28(25,26)22-11-9-21(10-12-22)8-7-13-27(6,23)24/h14-15H,7-13H2,1-6H3. The van der Waals surface area contributed by atoms with E-state index in [0.717, 1.165) is 16.7 Å². The molecule has 8 heteroatoms. The van der Waals surface area contributed by atoms with Crippen LogP contribution in [0.15, 0.2) is 17.0 Å². The molecule has 0 amide bonds. The molecule has 160 valence electrons. The van der Waals surface area contributed by atoms with Gasteiger partial charge in [-0.05, 0) is 48.9 Å². The summed E-state index contributed by atoms with van der Waals surface area (Å²) >= 11 is 0. The number of piperazine rings is 1. The van der Waals surface area contributed by atoms with Gasteiger partial charge in [0.2, 0.25) is 10.0 Å². The van der Waals surface area contributed by atoms with E-state index in [0.29, 0.717) is 44.0 Å². The second kappa shape index (κ2) is 8.42. The molecule has 0 radical (unpaired) electrons. The third kappa shape index (κ3) is 5.78. The Morgan fingerprint density at radius 1 is 0.929 bits per heavy atom. The second-order valence-corrected chi connectivity index (χ2v) is 13.1. The molecular formula is C20H34N2O4S2. The average molecular weight is 431 g/mol. The lowest BCUT2D eigenvalue weighted by molar-refractivity contribution is 0.189. The van der Waals surface area contributed by atoms with Gasteiger partial charge >= 0.3 is 0 Å². The van der Waals surface area contributed by atoms with Crippen LogP contribution < -0.4 is 0 Å². The number of nitrogens with zero attached hydrogens (tertiary/aromatic N) is 2. The number of benzene rings is 1. The number of aryl methyl sites for hydroxylation is 2. The summed E-state index contributed by atoms with van der Waals surface area (Å²) in [6, 6.07) is 3.97. The molecule has 1 aliphatic rings. The van der Waals surface area contributed by atoms with Crippen molar-refractivity contribution >= 4 is 19.9 Å². The van der Waals surface area contributed by atoms with E-state index in [9.17, 15) is 16.8 Å². The van der Waals surface area contributed by atoms with Crippen molar-refractivity contribution < 1.29 is 16.8 Å². The van der Waals surface area contributed by atoms with Crippen LogP contribution in [0.3, 0.4) is 0 Å². The molecule has 0 N–H and O–H groups in total. The normalized spacial score (nSPS) is 17.8. The highest BCUT2D eigenvalue weighted by molar-refractivity contribution is 7.90. The van der Waals surface area contributed by atoms with E-state index in [1.165, 1.54) is 6.26 Å². The van der Waals surface area contributed by atoms with Gasteiger partial charge in [0, 0.05) is 32.4 Å². The van der Waals surface area contributed by atoms with Crippen molar-refractivity contribution in [2.45, 2.75) is 51.3 Å². The highest BCUT2D eigenvalue weighted by atomic mass is 32.2. The molecule has 6 nitrogen and oxygen atoms in total. The molecule has 0 atom stereocenters. The van der Waals surface area contributed by atoms with Gasteiger partial charge in [-0.25, -0.2) is 16.8 Å². The van der Waals surface area contributed by atoms with Gasteiger partial charge in [-0.1, -0.05) is 32.9 Å².